The van der Waals surface area contributed by atoms with Gasteiger partial charge in [0.1, 0.15) is 5.56 Å². The van der Waals surface area contributed by atoms with Crippen LogP contribution in [0.15, 0.2) is 41.3 Å². The number of aliphatic hydroxyl groups is 1. The highest BCUT2D eigenvalue weighted by atomic mass is 19.2. The molecule has 2 N–H and O–H groups in total. The molecule has 1 heterocycles. The van der Waals surface area contributed by atoms with Gasteiger partial charge in [0, 0.05) is 6.20 Å². The predicted molar refractivity (Wildman–Crippen MR) is 83.5 cm³/mol. The number of terminal acetylenes is 1. The van der Waals surface area contributed by atoms with Crippen LogP contribution in [0.25, 0.3) is 0 Å². The Morgan fingerprint density at radius 3 is 2.71 bits per heavy atom. The van der Waals surface area contributed by atoms with Crippen LogP contribution in [-0.4, -0.2) is 28.7 Å². The number of rotatable bonds is 5. The minimum atomic E-state index is -1.10. The SMILES string of the molecule is C#CCNC(=O)c1cccn([C@@H](CO)c2ccc(F)c(F)c2)c1=O. The van der Waals surface area contributed by atoms with E-state index in [1.165, 1.54) is 24.4 Å². The molecule has 7 heteroatoms. The molecule has 1 amide bonds. The van der Waals surface area contributed by atoms with Gasteiger partial charge in [0.2, 0.25) is 0 Å². The summed E-state index contributed by atoms with van der Waals surface area (Å²) in [5.74, 6) is -0.575. The van der Waals surface area contributed by atoms with Crippen molar-refractivity contribution in [3.05, 3.63) is 69.6 Å². The van der Waals surface area contributed by atoms with Crippen LogP contribution in [0.1, 0.15) is 22.0 Å². The lowest BCUT2D eigenvalue weighted by molar-refractivity contribution is 0.0956. The fourth-order valence-corrected chi connectivity index (χ4v) is 2.23. The Morgan fingerprint density at radius 2 is 2.08 bits per heavy atom. The minimum absolute atomic E-state index is 0.0419. The fraction of sp³-hybridized carbons (Fsp3) is 0.176. The van der Waals surface area contributed by atoms with E-state index in [1.807, 2.05) is 0 Å². The molecule has 0 unspecified atom stereocenters. The first-order chi connectivity index (χ1) is 11.5. The largest absolute Gasteiger partial charge is 0.394 e. The highest BCUT2D eigenvalue weighted by Gasteiger charge is 2.19. The van der Waals surface area contributed by atoms with Gasteiger partial charge in [-0.05, 0) is 29.8 Å². The van der Waals surface area contributed by atoms with Crippen LogP contribution in [-0.2, 0) is 0 Å². The zero-order valence-corrected chi connectivity index (χ0v) is 12.5. The molecule has 5 nitrogen and oxygen atoms in total. The fourth-order valence-electron chi connectivity index (χ4n) is 2.23. The molecule has 1 aromatic carbocycles. The molecule has 0 saturated carbocycles. The lowest BCUT2D eigenvalue weighted by Crippen LogP contribution is -2.35. The van der Waals surface area contributed by atoms with E-state index < -0.39 is 35.7 Å². The van der Waals surface area contributed by atoms with E-state index in [0.717, 1.165) is 16.7 Å². The van der Waals surface area contributed by atoms with Gasteiger partial charge in [-0.15, -0.1) is 6.42 Å². The normalized spacial score (nSPS) is 11.6. The molecule has 0 bridgehead atoms. The van der Waals surface area contributed by atoms with Crippen molar-refractivity contribution < 1.29 is 18.7 Å². The van der Waals surface area contributed by atoms with Crippen LogP contribution in [0.5, 0.6) is 0 Å². The quantitative estimate of drug-likeness (QED) is 0.805. The molecule has 0 spiro atoms. The van der Waals surface area contributed by atoms with Gasteiger partial charge in [0.05, 0.1) is 19.2 Å². The molecule has 0 saturated heterocycles. The summed E-state index contributed by atoms with van der Waals surface area (Å²) in [7, 11) is 0. The second-order valence-corrected chi connectivity index (χ2v) is 4.89. The van der Waals surface area contributed by atoms with Crippen molar-refractivity contribution >= 4 is 5.91 Å². The summed E-state index contributed by atoms with van der Waals surface area (Å²) < 4.78 is 27.6. The number of benzene rings is 1. The van der Waals surface area contributed by atoms with Gasteiger partial charge in [-0.3, -0.25) is 9.59 Å². The summed E-state index contributed by atoms with van der Waals surface area (Å²) in [5.41, 5.74) is -0.663. The van der Waals surface area contributed by atoms with Crippen molar-refractivity contribution in [2.24, 2.45) is 0 Å². The van der Waals surface area contributed by atoms with Crippen LogP contribution in [0.4, 0.5) is 8.78 Å². The number of carbonyl (C=O) groups is 1. The number of carbonyl (C=O) groups excluding carboxylic acids is 1. The average Bonchev–Trinajstić information content (AvgIpc) is 2.58. The van der Waals surface area contributed by atoms with Crippen LogP contribution >= 0.6 is 0 Å². The van der Waals surface area contributed by atoms with Crippen molar-refractivity contribution in [3.63, 3.8) is 0 Å². The van der Waals surface area contributed by atoms with Gasteiger partial charge in [0.25, 0.3) is 11.5 Å². The third kappa shape index (κ3) is 3.50. The number of halogens is 2. The number of nitrogens with zero attached hydrogens (tertiary/aromatic N) is 1. The van der Waals surface area contributed by atoms with E-state index in [9.17, 15) is 23.5 Å². The highest BCUT2D eigenvalue weighted by Crippen LogP contribution is 2.19. The first-order valence-electron chi connectivity index (χ1n) is 6.98. The number of pyridine rings is 1. The minimum Gasteiger partial charge on any atom is -0.394 e. The van der Waals surface area contributed by atoms with Crippen molar-refractivity contribution in [2.75, 3.05) is 13.2 Å². The van der Waals surface area contributed by atoms with Crippen molar-refractivity contribution in [2.45, 2.75) is 6.04 Å². The summed E-state index contributed by atoms with van der Waals surface area (Å²) in [4.78, 5) is 24.4. The summed E-state index contributed by atoms with van der Waals surface area (Å²) >= 11 is 0. The summed E-state index contributed by atoms with van der Waals surface area (Å²) in [6.45, 7) is -0.583. The van der Waals surface area contributed by atoms with E-state index in [2.05, 4.69) is 11.2 Å². The lowest BCUT2D eigenvalue weighted by Gasteiger charge is -2.19. The topological polar surface area (TPSA) is 71.3 Å². The van der Waals surface area contributed by atoms with Crippen molar-refractivity contribution in [3.8, 4) is 12.3 Å². The smallest absolute Gasteiger partial charge is 0.264 e. The van der Waals surface area contributed by atoms with E-state index in [4.69, 9.17) is 6.42 Å². The number of hydrogen-bond acceptors (Lipinski definition) is 3. The van der Waals surface area contributed by atoms with E-state index >= 15 is 0 Å². The van der Waals surface area contributed by atoms with Gasteiger partial charge in [0.15, 0.2) is 11.6 Å². The molecule has 2 aromatic rings. The maximum Gasteiger partial charge on any atom is 0.264 e. The average molecular weight is 332 g/mol. The lowest BCUT2D eigenvalue weighted by atomic mass is 10.1. The molecule has 0 fully saturated rings. The molecule has 2 rings (SSSR count). The molecule has 1 aromatic heterocycles. The number of hydrogen-bond donors (Lipinski definition) is 2. The second kappa shape index (κ2) is 7.53. The van der Waals surface area contributed by atoms with Gasteiger partial charge in [-0.1, -0.05) is 12.0 Å². The Hall–Kier alpha value is -2.98. The monoisotopic (exact) mass is 332 g/mol. The van der Waals surface area contributed by atoms with Gasteiger partial charge >= 0.3 is 0 Å². The van der Waals surface area contributed by atoms with Gasteiger partial charge < -0.3 is 15.0 Å². The predicted octanol–water partition coefficient (Wildman–Crippen LogP) is 1.07. The second-order valence-electron chi connectivity index (χ2n) is 4.89. The molecule has 24 heavy (non-hydrogen) atoms. The Labute approximate surface area is 136 Å². The first kappa shape index (κ1) is 17.4. The van der Waals surface area contributed by atoms with Gasteiger partial charge in [-0.2, -0.15) is 0 Å². The van der Waals surface area contributed by atoms with E-state index in [0.29, 0.717) is 0 Å². The van der Waals surface area contributed by atoms with Crippen LogP contribution in [0.2, 0.25) is 0 Å². The highest BCUT2D eigenvalue weighted by molar-refractivity contribution is 5.93. The summed E-state index contributed by atoms with van der Waals surface area (Å²) in [6, 6.07) is 4.85. The Balaban J connectivity index is 2.46. The number of amides is 1. The Kier molecular flexibility index (Phi) is 5.45. The number of nitrogens with one attached hydrogen (secondary N) is 1. The third-order valence-electron chi connectivity index (χ3n) is 3.41. The van der Waals surface area contributed by atoms with Crippen molar-refractivity contribution in [1.29, 1.82) is 0 Å². The van der Waals surface area contributed by atoms with E-state index in [1.54, 1.807) is 0 Å². The molecule has 124 valence electrons. The molecule has 0 aliphatic carbocycles. The zero-order valence-electron chi connectivity index (χ0n) is 12.5. The summed E-state index contributed by atoms with van der Waals surface area (Å²) in [6.07, 6.45) is 6.40. The summed E-state index contributed by atoms with van der Waals surface area (Å²) in [5, 5.41) is 12.0. The zero-order chi connectivity index (χ0) is 17.7. The van der Waals surface area contributed by atoms with E-state index in [-0.39, 0.29) is 17.7 Å². The molecular formula is C17H14F2N2O3. The third-order valence-corrected chi connectivity index (χ3v) is 3.41. The molecule has 0 aliphatic heterocycles. The molecule has 0 aliphatic rings. The molecule has 0 radical (unpaired) electrons. The number of aromatic nitrogens is 1. The maximum absolute atomic E-state index is 13.4. The molecular weight excluding hydrogens is 318 g/mol. The standard InChI is InChI=1S/C17H14F2N2O3/c1-2-7-20-16(23)12-4-3-8-21(17(12)24)15(10-22)11-5-6-13(18)14(19)9-11/h1,3-6,8-9,15,22H,7,10H2,(H,20,23)/t15-/m0/s1. The number of aliphatic hydroxyl groups excluding tert-OH is 1. The maximum atomic E-state index is 13.4. The van der Waals surface area contributed by atoms with Gasteiger partial charge in [-0.25, -0.2) is 8.78 Å². The molecule has 1 atom stereocenters. The Morgan fingerprint density at radius 1 is 1.33 bits per heavy atom. The van der Waals surface area contributed by atoms with Crippen LogP contribution in [0.3, 0.4) is 0 Å². The van der Waals surface area contributed by atoms with Crippen LogP contribution in [0, 0.1) is 24.0 Å². The first-order valence-corrected chi connectivity index (χ1v) is 6.98. The Bertz CT molecular complexity index is 856. The van der Waals surface area contributed by atoms with Crippen LogP contribution < -0.4 is 10.9 Å². The van der Waals surface area contributed by atoms with Crippen molar-refractivity contribution in [1.82, 2.24) is 9.88 Å².